The Morgan fingerprint density at radius 2 is 1.88 bits per heavy atom. The lowest BCUT2D eigenvalue weighted by atomic mass is 10.1. The number of hydrogen-bond donors (Lipinski definition) is 0. The van der Waals surface area contributed by atoms with Crippen LogP contribution in [0.2, 0.25) is 5.15 Å². The summed E-state index contributed by atoms with van der Waals surface area (Å²) < 4.78 is 16.3. The van der Waals surface area contributed by atoms with Crippen LogP contribution in [0.3, 0.4) is 0 Å². The summed E-state index contributed by atoms with van der Waals surface area (Å²) in [5.74, 6) is 0.719. The molecule has 0 spiro atoms. The van der Waals surface area contributed by atoms with Gasteiger partial charge in [0.05, 0.1) is 11.1 Å². The van der Waals surface area contributed by atoms with Crippen molar-refractivity contribution in [3.63, 3.8) is 0 Å². The maximum absolute atomic E-state index is 12.3. The van der Waals surface area contributed by atoms with Crippen LogP contribution in [-0.2, 0) is 11.3 Å². The third-order valence-corrected chi connectivity index (χ3v) is 4.21. The van der Waals surface area contributed by atoms with Gasteiger partial charge >= 0.3 is 5.97 Å². The number of pyridine rings is 1. The molecule has 126 valence electrons. The number of carbonyl (C=O) groups excluding carboxylic acids is 1. The number of carbonyl (C=O) groups is 1. The molecular weight excluding hydrogens is 342 g/mol. The van der Waals surface area contributed by atoms with Crippen LogP contribution in [-0.4, -0.2) is 24.2 Å². The van der Waals surface area contributed by atoms with Gasteiger partial charge in [0, 0.05) is 10.9 Å². The van der Waals surface area contributed by atoms with Crippen LogP contribution >= 0.6 is 11.6 Å². The third kappa shape index (κ3) is 3.23. The second-order valence-corrected chi connectivity index (χ2v) is 5.92. The Morgan fingerprint density at radius 3 is 2.76 bits per heavy atom. The zero-order chi connectivity index (χ0) is 17.2. The van der Waals surface area contributed by atoms with E-state index >= 15 is 0 Å². The summed E-state index contributed by atoms with van der Waals surface area (Å²) in [6, 6.07) is 14.5. The molecule has 1 aliphatic rings. The molecule has 2 aromatic carbocycles. The van der Waals surface area contributed by atoms with Crippen molar-refractivity contribution in [1.82, 2.24) is 4.98 Å². The van der Waals surface area contributed by atoms with Gasteiger partial charge in [0.15, 0.2) is 11.5 Å². The Balaban J connectivity index is 1.51. The molecule has 0 aliphatic carbocycles. The van der Waals surface area contributed by atoms with Crippen molar-refractivity contribution in [3.05, 3.63) is 64.8 Å². The van der Waals surface area contributed by atoms with Gasteiger partial charge in [-0.05, 0) is 30.3 Å². The van der Waals surface area contributed by atoms with Crippen molar-refractivity contribution in [2.45, 2.75) is 6.61 Å². The molecule has 0 saturated heterocycles. The third-order valence-electron chi connectivity index (χ3n) is 3.89. The second-order valence-electron chi connectivity index (χ2n) is 5.57. The number of fused-ring (bicyclic) bond motifs is 2. The summed E-state index contributed by atoms with van der Waals surface area (Å²) in [6.45, 7) is 1.01. The van der Waals surface area contributed by atoms with Gasteiger partial charge in [0.1, 0.15) is 25.0 Å². The highest BCUT2D eigenvalue weighted by Gasteiger charge is 2.16. The monoisotopic (exact) mass is 355 g/mol. The first-order valence-corrected chi connectivity index (χ1v) is 8.19. The molecule has 4 rings (SSSR count). The minimum absolute atomic E-state index is 0.0456. The van der Waals surface area contributed by atoms with Crippen molar-refractivity contribution >= 4 is 28.5 Å². The highest BCUT2D eigenvalue weighted by atomic mass is 35.5. The van der Waals surface area contributed by atoms with E-state index in [1.165, 1.54) is 0 Å². The lowest BCUT2D eigenvalue weighted by Crippen LogP contribution is -2.16. The van der Waals surface area contributed by atoms with Gasteiger partial charge in [-0.15, -0.1) is 0 Å². The molecule has 0 fully saturated rings. The Bertz CT molecular complexity index is 957. The van der Waals surface area contributed by atoms with Gasteiger partial charge in [0.25, 0.3) is 0 Å². The number of nitrogens with zero attached hydrogens (tertiary/aromatic N) is 1. The van der Waals surface area contributed by atoms with Gasteiger partial charge in [-0.3, -0.25) is 0 Å². The molecule has 0 amide bonds. The largest absolute Gasteiger partial charge is 0.486 e. The minimum Gasteiger partial charge on any atom is -0.486 e. The molecule has 1 aliphatic heterocycles. The maximum Gasteiger partial charge on any atom is 0.338 e. The van der Waals surface area contributed by atoms with E-state index < -0.39 is 5.97 Å². The topological polar surface area (TPSA) is 57.7 Å². The zero-order valence-corrected chi connectivity index (χ0v) is 14.0. The molecule has 2 heterocycles. The predicted molar refractivity (Wildman–Crippen MR) is 93.3 cm³/mol. The number of hydrogen-bond acceptors (Lipinski definition) is 5. The molecule has 25 heavy (non-hydrogen) atoms. The van der Waals surface area contributed by atoms with Gasteiger partial charge in [0.2, 0.25) is 0 Å². The molecule has 5 nitrogen and oxygen atoms in total. The van der Waals surface area contributed by atoms with Crippen LogP contribution in [0.1, 0.15) is 15.9 Å². The molecule has 1 aromatic heterocycles. The molecule has 0 bridgehead atoms. The van der Waals surface area contributed by atoms with Crippen molar-refractivity contribution in [1.29, 1.82) is 0 Å². The van der Waals surface area contributed by atoms with E-state index in [-0.39, 0.29) is 6.61 Å². The lowest BCUT2D eigenvalue weighted by Gasteiger charge is -2.18. The predicted octanol–water partition coefficient (Wildman–Crippen LogP) is 4.02. The Hall–Kier alpha value is -2.79. The van der Waals surface area contributed by atoms with E-state index in [9.17, 15) is 4.79 Å². The Kier molecular flexibility index (Phi) is 4.15. The fraction of sp³-hybridized carbons (Fsp3) is 0.158. The molecule has 0 N–H and O–H groups in total. The molecule has 0 radical (unpaired) electrons. The van der Waals surface area contributed by atoms with Crippen LogP contribution in [0.5, 0.6) is 11.5 Å². The van der Waals surface area contributed by atoms with Gasteiger partial charge in [-0.1, -0.05) is 29.8 Å². The van der Waals surface area contributed by atoms with E-state index in [4.69, 9.17) is 25.8 Å². The fourth-order valence-electron chi connectivity index (χ4n) is 2.63. The van der Waals surface area contributed by atoms with Gasteiger partial charge in [-0.25, -0.2) is 9.78 Å². The van der Waals surface area contributed by atoms with Crippen LogP contribution in [0.4, 0.5) is 0 Å². The van der Waals surface area contributed by atoms with Gasteiger partial charge in [-0.2, -0.15) is 0 Å². The number of ether oxygens (including phenoxy) is 3. The lowest BCUT2D eigenvalue weighted by molar-refractivity contribution is 0.0471. The highest BCUT2D eigenvalue weighted by molar-refractivity contribution is 6.30. The van der Waals surface area contributed by atoms with Crippen LogP contribution < -0.4 is 9.47 Å². The highest BCUT2D eigenvalue weighted by Crippen LogP contribution is 2.31. The van der Waals surface area contributed by atoms with Crippen molar-refractivity contribution in [2.24, 2.45) is 0 Å². The van der Waals surface area contributed by atoms with E-state index in [0.717, 1.165) is 10.9 Å². The SMILES string of the molecule is O=C(OCc1cc2ccccc2nc1Cl)c1ccc2c(c1)OCCO2. The molecule has 3 aromatic rings. The number of para-hydroxylation sites is 1. The van der Waals surface area contributed by atoms with Crippen LogP contribution in [0, 0.1) is 0 Å². The molecule has 0 atom stereocenters. The summed E-state index contributed by atoms with van der Waals surface area (Å²) in [4.78, 5) is 16.6. The fourth-order valence-corrected chi connectivity index (χ4v) is 2.83. The zero-order valence-electron chi connectivity index (χ0n) is 13.2. The summed E-state index contributed by atoms with van der Waals surface area (Å²) >= 11 is 6.19. The number of halogens is 1. The van der Waals surface area contributed by atoms with Crippen molar-refractivity contribution in [2.75, 3.05) is 13.2 Å². The molecular formula is C19H14ClNO4. The van der Waals surface area contributed by atoms with Crippen molar-refractivity contribution in [3.8, 4) is 11.5 Å². The first-order valence-electron chi connectivity index (χ1n) is 7.82. The first-order chi connectivity index (χ1) is 12.2. The number of benzene rings is 2. The molecule has 0 unspecified atom stereocenters. The van der Waals surface area contributed by atoms with E-state index in [2.05, 4.69) is 4.98 Å². The summed E-state index contributed by atoms with van der Waals surface area (Å²) in [5.41, 5.74) is 1.86. The van der Waals surface area contributed by atoms with E-state index in [1.807, 2.05) is 30.3 Å². The number of esters is 1. The van der Waals surface area contributed by atoms with Crippen molar-refractivity contribution < 1.29 is 19.0 Å². The number of rotatable bonds is 3. The minimum atomic E-state index is -0.457. The maximum atomic E-state index is 12.3. The number of aromatic nitrogens is 1. The second kappa shape index (κ2) is 6.61. The Morgan fingerprint density at radius 1 is 1.08 bits per heavy atom. The average molecular weight is 356 g/mol. The molecule has 0 saturated carbocycles. The summed E-state index contributed by atoms with van der Waals surface area (Å²) in [5, 5.41) is 1.27. The normalized spacial score (nSPS) is 12.8. The summed E-state index contributed by atoms with van der Waals surface area (Å²) in [7, 11) is 0. The quantitative estimate of drug-likeness (QED) is 0.524. The Labute approximate surface area is 149 Å². The average Bonchev–Trinajstić information content (AvgIpc) is 2.65. The van der Waals surface area contributed by atoms with Gasteiger partial charge < -0.3 is 14.2 Å². The van der Waals surface area contributed by atoms with E-state index in [0.29, 0.717) is 41.0 Å². The molecule has 6 heteroatoms. The van der Waals surface area contributed by atoms with E-state index in [1.54, 1.807) is 18.2 Å². The van der Waals surface area contributed by atoms with Crippen LogP contribution in [0.15, 0.2) is 48.5 Å². The first kappa shape index (κ1) is 15.7. The van der Waals surface area contributed by atoms with Crippen LogP contribution in [0.25, 0.3) is 10.9 Å². The smallest absolute Gasteiger partial charge is 0.338 e. The standard InChI is InChI=1S/C19H14ClNO4/c20-18-14(9-12-3-1-2-4-15(12)21-18)11-25-19(22)13-5-6-16-17(10-13)24-8-7-23-16/h1-6,9-10H,7-8,11H2. The summed E-state index contributed by atoms with van der Waals surface area (Å²) in [6.07, 6.45) is 0.